The Kier molecular flexibility index (Phi) is 4.08. The number of anilines is 1. The quantitative estimate of drug-likeness (QED) is 0.833. The number of nitrogen functional groups attached to an aromatic ring is 1. The van der Waals surface area contributed by atoms with E-state index >= 15 is 0 Å². The highest BCUT2D eigenvalue weighted by Crippen LogP contribution is 2.09. The number of rotatable bonds is 5. The Morgan fingerprint density at radius 1 is 1.16 bits per heavy atom. The second-order valence-electron chi connectivity index (χ2n) is 3.89. The molecule has 7 heteroatoms. The summed E-state index contributed by atoms with van der Waals surface area (Å²) in [7, 11) is -3.55. The molecule has 0 saturated carbocycles. The van der Waals surface area contributed by atoms with E-state index in [0.29, 0.717) is 6.42 Å². The molecule has 0 aliphatic rings. The lowest BCUT2D eigenvalue weighted by molar-refractivity contribution is 0.581. The standard InChI is InChI=1S/C12H14N4O2S/c13-12-9-11(5-7-15-12)19(17,18)16-8-4-10-3-1-2-6-14-10/h1-3,5-7,9,16H,4,8H2,(H2,13,15). The van der Waals surface area contributed by atoms with E-state index in [-0.39, 0.29) is 17.3 Å². The molecule has 2 heterocycles. The summed E-state index contributed by atoms with van der Waals surface area (Å²) < 4.78 is 26.4. The summed E-state index contributed by atoms with van der Waals surface area (Å²) in [6, 6.07) is 8.25. The minimum absolute atomic E-state index is 0.112. The van der Waals surface area contributed by atoms with E-state index in [2.05, 4.69) is 14.7 Å². The molecule has 0 aliphatic carbocycles. The van der Waals surface area contributed by atoms with Crippen LogP contribution in [0.5, 0.6) is 0 Å². The van der Waals surface area contributed by atoms with Crippen molar-refractivity contribution in [2.75, 3.05) is 12.3 Å². The molecule has 0 amide bonds. The Morgan fingerprint density at radius 2 is 2.00 bits per heavy atom. The zero-order valence-electron chi connectivity index (χ0n) is 10.2. The summed E-state index contributed by atoms with van der Waals surface area (Å²) in [4.78, 5) is 7.99. The Balaban J connectivity index is 1.99. The molecule has 0 radical (unpaired) electrons. The zero-order chi connectivity index (χ0) is 13.7. The van der Waals surface area contributed by atoms with Crippen molar-refractivity contribution in [2.45, 2.75) is 11.3 Å². The van der Waals surface area contributed by atoms with Gasteiger partial charge >= 0.3 is 0 Å². The van der Waals surface area contributed by atoms with Crippen LogP contribution in [0.1, 0.15) is 5.69 Å². The van der Waals surface area contributed by atoms with Crippen molar-refractivity contribution in [2.24, 2.45) is 0 Å². The molecule has 19 heavy (non-hydrogen) atoms. The summed E-state index contributed by atoms with van der Waals surface area (Å²) >= 11 is 0. The average molecular weight is 278 g/mol. The first-order valence-electron chi connectivity index (χ1n) is 5.69. The van der Waals surface area contributed by atoms with Crippen LogP contribution in [0.25, 0.3) is 0 Å². The van der Waals surface area contributed by atoms with Crippen molar-refractivity contribution in [3.8, 4) is 0 Å². The van der Waals surface area contributed by atoms with Crippen LogP contribution in [0.4, 0.5) is 5.82 Å². The predicted octanol–water partition coefficient (Wildman–Crippen LogP) is 0.580. The van der Waals surface area contributed by atoms with E-state index in [1.54, 1.807) is 6.20 Å². The van der Waals surface area contributed by atoms with Crippen molar-refractivity contribution >= 4 is 15.8 Å². The van der Waals surface area contributed by atoms with Crippen molar-refractivity contribution < 1.29 is 8.42 Å². The Hall–Kier alpha value is -1.99. The molecular formula is C12H14N4O2S. The summed E-state index contributed by atoms with van der Waals surface area (Å²) in [5.74, 6) is 0.174. The van der Waals surface area contributed by atoms with E-state index < -0.39 is 10.0 Å². The fourth-order valence-electron chi connectivity index (χ4n) is 1.54. The molecule has 3 N–H and O–H groups in total. The maximum Gasteiger partial charge on any atom is 0.240 e. The molecule has 6 nitrogen and oxygen atoms in total. The lowest BCUT2D eigenvalue weighted by Gasteiger charge is -2.06. The zero-order valence-corrected chi connectivity index (χ0v) is 11.0. The minimum atomic E-state index is -3.55. The molecule has 2 aromatic heterocycles. The van der Waals surface area contributed by atoms with Gasteiger partial charge in [0.15, 0.2) is 0 Å². The molecule has 0 spiro atoms. The van der Waals surface area contributed by atoms with Gasteiger partial charge in [-0.15, -0.1) is 0 Å². The molecule has 0 bridgehead atoms. The number of hydrogen-bond donors (Lipinski definition) is 2. The van der Waals surface area contributed by atoms with Crippen LogP contribution >= 0.6 is 0 Å². The number of aromatic nitrogens is 2. The molecule has 0 unspecified atom stereocenters. The first-order chi connectivity index (χ1) is 9.08. The van der Waals surface area contributed by atoms with Gasteiger partial charge in [-0.1, -0.05) is 6.07 Å². The fraction of sp³-hybridized carbons (Fsp3) is 0.167. The SMILES string of the molecule is Nc1cc(S(=O)(=O)NCCc2ccccn2)ccn1. The molecule has 0 aliphatic heterocycles. The van der Waals surface area contributed by atoms with Crippen molar-refractivity contribution in [1.29, 1.82) is 0 Å². The molecule has 100 valence electrons. The molecule has 0 saturated heterocycles. The molecular weight excluding hydrogens is 264 g/mol. The van der Waals surface area contributed by atoms with Crippen LogP contribution in [0.3, 0.4) is 0 Å². The summed E-state index contributed by atoms with van der Waals surface area (Å²) in [5, 5.41) is 0. The predicted molar refractivity (Wildman–Crippen MR) is 71.8 cm³/mol. The van der Waals surface area contributed by atoms with Crippen molar-refractivity contribution in [1.82, 2.24) is 14.7 Å². The molecule has 0 aromatic carbocycles. The highest BCUT2D eigenvalue weighted by atomic mass is 32.2. The van der Waals surface area contributed by atoms with E-state index in [4.69, 9.17) is 5.73 Å². The van der Waals surface area contributed by atoms with E-state index in [1.807, 2.05) is 18.2 Å². The smallest absolute Gasteiger partial charge is 0.240 e. The lowest BCUT2D eigenvalue weighted by atomic mass is 10.3. The van der Waals surface area contributed by atoms with Crippen molar-refractivity contribution in [3.05, 3.63) is 48.4 Å². The normalized spacial score (nSPS) is 11.4. The van der Waals surface area contributed by atoms with Crippen LogP contribution in [0.15, 0.2) is 47.6 Å². The van der Waals surface area contributed by atoms with Gasteiger partial charge in [-0.2, -0.15) is 0 Å². The highest BCUT2D eigenvalue weighted by molar-refractivity contribution is 7.89. The average Bonchev–Trinajstić information content (AvgIpc) is 2.40. The van der Waals surface area contributed by atoms with Crippen LogP contribution in [-0.4, -0.2) is 24.9 Å². The third-order valence-electron chi connectivity index (χ3n) is 2.46. The number of pyridine rings is 2. The van der Waals surface area contributed by atoms with Gasteiger partial charge in [0.25, 0.3) is 0 Å². The Labute approximate surface area is 111 Å². The summed E-state index contributed by atoms with van der Waals surface area (Å²) in [6.07, 6.45) is 3.57. The van der Waals surface area contributed by atoms with E-state index in [9.17, 15) is 8.42 Å². The van der Waals surface area contributed by atoms with Gasteiger partial charge in [0.2, 0.25) is 10.0 Å². The van der Waals surface area contributed by atoms with Gasteiger partial charge in [-0.25, -0.2) is 18.1 Å². The van der Waals surface area contributed by atoms with Crippen molar-refractivity contribution in [3.63, 3.8) is 0 Å². The van der Waals surface area contributed by atoms with Crippen LogP contribution < -0.4 is 10.5 Å². The van der Waals surface area contributed by atoms with Gasteiger partial charge < -0.3 is 5.73 Å². The molecule has 0 fully saturated rings. The Morgan fingerprint density at radius 3 is 2.68 bits per heavy atom. The van der Waals surface area contributed by atoms with E-state index in [1.165, 1.54) is 18.3 Å². The van der Waals surface area contributed by atoms with Gasteiger partial charge in [0.1, 0.15) is 5.82 Å². The van der Waals surface area contributed by atoms with Gasteiger partial charge in [-0.05, 0) is 18.2 Å². The fourth-order valence-corrected chi connectivity index (χ4v) is 2.59. The minimum Gasteiger partial charge on any atom is -0.384 e. The third kappa shape index (κ3) is 3.73. The van der Waals surface area contributed by atoms with Gasteiger partial charge in [0.05, 0.1) is 4.90 Å². The van der Waals surface area contributed by atoms with Gasteiger partial charge in [0, 0.05) is 37.1 Å². The van der Waals surface area contributed by atoms with Crippen LogP contribution in [0.2, 0.25) is 0 Å². The third-order valence-corrected chi connectivity index (χ3v) is 3.92. The lowest BCUT2D eigenvalue weighted by Crippen LogP contribution is -2.26. The Bertz CT molecular complexity index is 644. The topological polar surface area (TPSA) is 98.0 Å². The first-order valence-corrected chi connectivity index (χ1v) is 7.17. The van der Waals surface area contributed by atoms with Crippen LogP contribution in [0, 0.1) is 0 Å². The van der Waals surface area contributed by atoms with Gasteiger partial charge in [-0.3, -0.25) is 4.98 Å². The monoisotopic (exact) mass is 278 g/mol. The molecule has 0 atom stereocenters. The maximum absolute atomic E-state index is 12.0. The molecule has 2 rings (SSSR count). The summed E-state index contributed by atoms with van der Waals surface area (Å²) in [5.41, 5.74) is 6.29. The second-order valence-corrected chi connectivity index (χ2v) is 5.65. The number of nitrogens with one attached hydrogen (secondary N) is 1. The maximum atomic E-state index is 12.0. The number of nitrogens with two attached hydrogens (primary N) is 1. The number of sulfonamides is 1. The largest absolute Gasteiger partial charge is 0.384 e. The first kappa shape index (κ1) is 13.4. The van der Waals surface area contributed by atoms with E-state index in [0.717, 1.165) is 5.69 Å². The highest BCUT2D eigenvalue weighted by Gasteiger charge is 2.13. The molecule has 2 aromatic rings. The number of nitrogens with zero attached hydrogens (tertiary/aromatic N) is 2. The second kappa shape index (κ2) is 5.77. The van der Waals surface area contributed by atoms with Crippen LogP contribution in [-0.2, 0) is 16.4 Å². The summed E-state index contributed by atoms with van der Waals surface area (Å²) in [6.45, 7) is 0.279. The number of hydrogen-bond acceptors (Lipinski definition) is 5.